The van der Waals surface area contributed by atoms with E-state index in [2.05, 4.69) is 18.9 Å². The highest BCUT2D eigenvalue weighted by Crippen LogP contribution is 2.27. The second-order valence-electron chi connectivity index (χ2n) is 4.60. The Balaban J connectivity index is 2.22. The number of hydrogen-bond acceptors (Lipinski definition) is 2. The molecule has 0 aliphatic heterocycles. The van der Waals surface area contributed by atoms with Crippen LogP contribution in [0.1, 0.15) is 31.0 Å². The van der Waals surface area contributed by atoms with E-state index < -0.39 is 0 Å². The van der Waals surface area contributed by atoms with Crippen LogP contribution in [-0.4, -0.2) is 9.78 Å². The Morgan fingerprint density at radius 1 is 1.39 bits per heavy atom. The molecule has 2 rings (SSSR count). The molecule has 1 aromatic heterocycles. The summed E-state index contributed by atoms with van der Waals surface area (Å²) >= 11 is 5.93. The van der Waals surface area contributed by atoms with Crippen molar-refractivity contribution in [3.05, 3.63) is 41.7 Å². The van der Waals surface area contributed by atoms with Crippen LogP contribution in [0.5, 0.6) is 11.5 Å². The van der Waals surface area contributed by atoms with Crippen molar-refractivity contribution in [1.29, 1.82) is 0 Å². The number of ether oxygens (including phenoxy) is 1. The summed E-state index contributed by atoms with van der Waals surface area (Å²) in [6, 6.07) is 6.32. The van der Waals surface area contributed by atoms with Gasteiger partial charge in [0, 0.05) is 11.6 Å². The van der Waals surface area contributed by atoms with Gasteiger partial charge in [0.25, 0.3) is 0 Å². The van der Waals surface area contributed by atoms with Crippen molar-refractivity contribution in [3.63, 3.8) is 0 Å². The van der Waals surface area contributed by atoms with Gasteiger partial charge in [0.05, 0.1) is 18.3 Å². The predicted octanol–water partition coefficient (Wildman–Crippen LogP) is 4.30. The molecule has 0 amide bonds. The van der Waals surface area contributed by atoms with E-state index in [1.54, 1.807) is 6.20 Å². The summed E-state index contributed by atoms with van der Waals surface area (Å²) in [5, 5.41) is 4.24. The highest BCUT2D eigenvalue weighted by Gasteiger charge is 2.07. The van der Waals surface area contributed by atoms with Crippen molar-refractivity contribution in [3.8, 4) is 11.5 Å². The van der Waals surface area contributed by atoms with Gasteiger partial charge in [-0.25, -0.2) is 0 Å². The fourth-order valence-electron chi connectivity index (χ4n) is 1.69. The largest absolute Gasteiger partial charge is 0.454 e. The molecule has 0 aliphatic carbocycles. The number of aryl methyl sites for hydroxylation is 1. The molecule has 0 fully saturated rings. The molecule has 0 aliphatic rings. The zero-order valence-electron chi connectivity index (χ0n) is 10.9. The maximum absolute atomic E-state index is 5.93. The van der Waals surface area contributed by atoms with Gasteiger partial charge >= 0.3 is 0 Å². The summed E-state index contributed by atoms with van der Waals surface area (Å²) in [6.07, 6.45) is 3.61. The van der Waals surface area contributed by atoms with E-state index in [4.69, 9.17) is 16.3 Å². The molecule has 0 N–H and O–H groups in total. The number of hydrogen-bond donors (Lipinski definition) is 0. The zero-order chi connectivity index (χ0) is 13.1. The van der Waals surface area contributed by atoms with Crippen LogP contribution in [0.4, 0.5) is 0 Å². The highest BCUT2D eigenvalue weighted by atomic mass is 35.5. The standard InChI is InChI=1S/C14H17ClN2O/c1-10(2)17-9-13(8-16-17)18-14-5-4-11(3)6-12(14)7-15/h4-6,8-10H,7H2,1-3H3. The summed E-state index contributed by atoms with van der Waals surface area (Å²) in [5.74, 6) is 1.97. The first kappa shape index (κ1) is 13.0. The summed E-state index contributed by atoms with van der Waals surface area (Å²) in [4.78, 5) is 0. The molecule has 2 aromatic rings. The first-order valence-corrected chi connectivity index (χ1v) is 6.51. The van der Waals surface area contributed by atoms with Crippen LogP contribution in [0.25, 0.3) is 0 Å². The maximum Gasteiger partial charge on any atom is 0.165 e. The molecule has 0 radical (unpaired) electrons. The van der Waals surface area contributed by atoms with Crippen molar-refractivity contribution in [2.45, 2.75) is 32.7 Å². The third-order valence-corrected chi connectivity index (χ3v) is 2.98. The number of aromatic nitrogens is 2. The van der Waals surface area contributed by atoms with Crippen LogP contribution in [0, 0.1) is 6.92 Å². The summed E-state index contributed by atoms with van der Waals surface area (Å²) < 4.78 is 7.68. The van der Waals surface area contributed by atoms with Gasteiger partial charge in [0.15, 0.2) is 5.75 Å². The monoisotopic (exact) mass is 264 g/mol. The Morgan fingerprint density at radius 2 is 2.17 bits per heavy atom. The number of halogens is 1. The smallest absolute Gasteiger partial charge is 0.165 e. The molecule has 18 heavy (non-hydrogen) atoms. The number of rotatable bonds is 4. The average Bonchev–Trinajstić information content (AvgIpc) is 2.80. The Labute approximate surface area is 112 Å². The van der Waals surface area contributed by atoms with Crippen LogP contribution in [0.2, 0.25) is 0 Å². The summed E-state index contributed by atoms with van der Waals surface area (Å²) in [5.41, 5.74) is 2.17. The Hall–Kier alpha value is -1.48. The molecule has 3 nitrogen and oxygen atoms in total. The molecule has 96 valence electrons. The predicted molar refractivity (Wildman–Crippen MR) is 73.4 cm³/mol. The lowest BCUT2D eigenvalue weighted by Gasteiger charge is -2.08. The van der Waals surface area contributed by atoms with Crippen molar-refractivity contribution in [1.82, 2.24) is 9.78 Å². The molecule has 0 spiro atoms. The van der Waals surface area contributed by atoms with E-state index in [0.717, 1.165) is 17.1 Å². The normalized spacial score (nSPS) is 10.9. The van der Waals surface area contributed by atoms with Gasteiger partial charge in [0.2, 0.25) is 0 Å². The first-order chi connectivity index (χ1) is 8.60. The van der Waals surface area contributed by atoms with Gasteiger partial charge in [0.1, 0.15) is 5.75 Å². The maximum atomic E-state index is 5.93. The van der Waals surface area contributed by atoms with Crippen LogP contribution in [0.3, 0.4) is 0 Å². The molecule has 0 saturated carbocycles. The van der Waals surface area contributed by atoms with Crippen LogP contribution >= 0.6 is 11.6 Å². The minimum atomic E-state index is 0.327. The van der Waals surface area contributed by atoms with Crippen LogP contribution < -0.4 is 4.74 Å². The zero-order valence-corrected chi connectivity index (χ0v) is 11.6. The van der Waals surface area contributed by atoms with Gasteiger partial charge in [-0.2, -0.15) is 5.10 Å². The Bertz CT molecular complexity index is 534. The van der Waals surface area contributed by atoms with Gasteiger partial charge in [-0.15, -0.1) is 11.6 Å². The van der Waals surface area contributed by atoms with Crippen molar-refractivity contribution < 1.29 is 4.74 Å². The van der Waals surface area contributed by atoms with Gasteiger partial charge in [-0.1, -0.05) is 17.7 Å². The molecule has 4 heteroatoms. The van der Waals surface area contributed by atoms with Gasteiger partial charge in [-0.3, -0.25) is 4.68 Å². The first-order valence-electron chi connectivity index (χ1n) is 5.97. The highest BCUT2D eigenvalue weighted by molar-refractivity contribution is 6.17. The molecular formula is C14H17ClN2O. The topological polar surface area (TPSA) is 27.1 Å². The molecular weight excluding hydrogens is 248 g/mol. The number of nitrogens with zero attached hydrogens (tertiary/aromatic N) is 2. The van der Waals surface area contributed by atoms with E-state index in [1.807, 2.05) is 36.0 Å². The lowest BCUT2D eigenvalue weighted by atomic mass is 10.1. The summed E-state index contributed by atoms with van der Waals surface area (Å²) in [7, 11) is 0. The van der Waals surface area contributed by atoms with E-state index >= 15 is 0 Å². The van der Waals surface area contributed by atoms with Crippen molar-refractivity contribution >= 4 is 11.6 Å². The van der Waals surface area contributed by atoms with E-state index in [1.165, 1.54) is 5.56 Å². The molecule has 0 saturated heterocycles. The summed E-state index contributed by atoms with van der Waals surface area (Å²) in [6.45, 7) is 6.19. The van der Waals surface area contributed by atoms with Crippen LogP contribution in [-0.2, 0) is 5.88 Å². The lowest BCUT2D eigenvalue weighted by molar-refractivity contribution is 0.473. The number of alkyl halides is 1. The second kappa shape index (κ2) is 5.44. The molecule has 0 unspecified atom stereocenters. The third kappa shape index (κ3) is 2.85. The van der Waals surface area contributed by atoms with Crippen molar-refractivity contribution in [2.24, 2.45) is 0 Å². The van der Waals surface area contributed by atoms with E-state index in [9.17, 15) is 0 Å². The minimum Gasteiger partial charge on any atom is -0.454 e. The average molecular weight is 265 g/mol. The van der Waals surface area contributed by atoms with Gasteiger partial charge in [-0.05, 0) is 26.8 Å². The van der Waals surface area contributed by atoms with Crippen molar-refractivity contribution in [2.75, 3.05) is 0 Å². The molecule has 1 aromatic carbocycles. The molecule has 0 bridgehead atoms. The fourth-order valence-corrected chi connectivity index (χ4v) is 1.90. The SMILES string of the molecule is Cc1ccc(Oc2cnn(C(C)C)c2)c(CCl)c1. The second-order valence-corrected chi connectivity index (χ2v) is 4.86. The lowest BCUT2D eigenvalue weighted by Crippen LogP contribution is -1.99. The minimum absolute atomic E-state index is 0.327. The quantitative estimate of drug-likeness (QED) is 0.770. The third-order valence-electron chi connectivity index (χ3n) is 2.69. The fraction of sp³-hybridized carbons (Fsp3) is 0.357. The molecule has 0 atom stereocenters. The van der Waals surface area contributed by atoms with E-state index in [-0.39, 0.29) is 0 Å². The Morgan fingerprint density at radius 3 is 2.78 bits per heavy atom. The molecule has 1 heterocycles. The van der Waals surface area contributed by atoms with Gasteiger partial charge < -0.3 is 4.74 Å². The number of benzene rings is 1. The van der Waals surface area contributed by atoms with Crippen LogP contribution in [0.15, 0.2) is 30.6 Å². The Kier molecular flexibility index (Phi) is 3.92. The van der Waals surface area contributed by atoms with E-state index in [0.29, 0.717) is 11.9 Å².